The van der Waals surface area contributed by atoms with Crippen molar-refractivity contribution in [2.24, 2.45) is 11.8 Å². The third-order valence-corrected chi connectivity index (χ3v) is 4.38. The zero-order valence-electron chi connectivity index (χ0n) is 13.7. The Morgan fingerprint density at radius 2 is 1.83 bits per heavy atom. The molecule has 23 heavy (non-hydrogen) atoms. The van der Waals surface area contributed by atoms with Gasteiger partial charge in [0.25, 0.3) is 0 Å². The van der Waals surface area contributed by atoms with Crippen molar-refractivity contribution in [3.8, 4) is 0 Å². The molecule has 2 amide bonds. The first kappa shape index (κ1) is 15.7. The van der Waals surface area contributed by atoms with Crippen LogP contribution in [0.3, 0.4) is 0 Å². The second-order valence-corrected chi connectivity index (χ2v) is 6.66. The van der Waals surface area contributed by atoms with E-state index in [-0.39, 0.29) is 12.1 Å². The third-order valence-electron chi connectivity index (χ3n) is 4.38. The van der Waals surface area contributed by atoms with E-state index in [1.807, 2.05) is 47.4 Å². The average Bonchev–Trinajstić information content (AvgIpc) is 3.06. The van der Waals surface area contributed by atoms with Gasteiger partial charge < -0.3 is 14.6 Å². The molecule has 1 N–H and O–H groups in total. The van der Waals surface area contributed by atoms with Crippen molar-refractivity contribution in [3.63, 3.8) is 0 Å². The van der Waals surface area contributed by atoms with Gasteiger partial charge in [-0.15, -0.1) is 0 Å². The lowest BCUT2D eigenvalue weighted by Crippen LogP contribution is -2.48. The fraction of sp³-hybridized carbons (Fsp3) is 0.421. The summed E-state index contributed by atoms with van der Waals surface area (Å²) in [5.74, 6) is 1.84. The summed E-state index contributed by atoms with van der Waals surface area (Å²) in [4.78, 5) is 14.7. The smallest absolute Gasteiger partial charge is 0.318 e. The number of hydrogen-bond acceptors (Lipinski definition) is 2. The number of nitrogens with zero attached hydrogens (tertiary/aromatic N) is 1. The molecular weight excluding hydrogens is 288 g/mol. The van der Waals surface area contributed by atoms with Crippen LogP contribution < -0.4 is 5.32 Å². The van der Waals surface area contributed by atoms with Crippen molar-refractivity contribution in [3.05, 3.63) is 60.1 Å². The molecule has 3 atom stereocenters. The highest BCUT2D eigenvalue weighted by atomic mass is 16.3. The van der Waals surface area contributed by atoms with Crippen LogP contribution in [-0.2, 0) is 0 Å². The maximum absolute atomic E-state index is 12.7. The van der Waals surface area contributed by atoms with Crippen LogP contribution in [0.2, 0.25) is 0 Å². The molecule has 1 aromatic carbocycles. The minimum absolute atomic E-state index is 0.0198. The molecule has 1 saturated heterocycles. The van der Waals surface area contributed by atoms with Crippen LogP contribution in [0.25, 0.3) is 0 Å². The van der Waals surface area contributed by atoms with Gasteiger partial charge in [-0.25, -0.2) is 4.79 Å². The Hall–Kier alpha value is -2.23. The fourth-order valence-corrected chi connectivity index (χ4v) is 3.46. The minimum atomic E-state index is -0.258. The summed E-state index contributed by atoms with van der Waals surface area (Å²) in [7, 11) is 0. The SMILES string of the molecule is CC1CC(C)CN(C(=O)NC(c2ccccc2)c2ccco2)C1. The Morgan fingerprint density at radius 3 is 2.43 bits per heavy atom. The number of piperidine rings is 1. The van der Waals surface area contributed by atoms with E-state index in [0.717, 1.165) is 24.4 Å². The first-order valence-corrected chi connectivity index (χ1v) is 8.27. The predicted octanol–water partition coefficient (Wildman–Crippen LogP) is 4.06. The largest absolute Gasteiger partial charge is 0.467 e. The van der Waals surface area contributed by atoms with Crippen molar-refractivity contribution >= 4 is 6.03 Å². The number of carbonyl (C=O) groups is 1. The molecule has 1 aliphatic rings. The summed E-state index contributed by atoms with van der Waals surface area (Å²) in [6, 6.07) is 13.4. The van der Waals surface area contributed by atoms with Gasteiger partial charge in [0.15, 0.2) is 0 Å². The zero-order valence-corrected chi connectivity index (χ0v) is 13.7. The van der Waals surface area contributed by atoms with Gasteiger partial charge in [-0.2, -0.15) is 0 Å². The molecule has 1 aliphatic heterocycles. The number of hydrogen-bond donors (Lipinski definition) is 1. The molecule has 4 nitrogen and oxygen atoms in total. The van der Waals surface area contributed by atoms with E-state index < -0.39 is 0 Å². The van der Waals surface area contributed by atoms with Crippen LogP contribution in [0, 0.1) is 11.8 Å². The Bertz CT molecular complexity index is 614. The van der Waals surface area contributed by atoms with Gasteiger partial charge in [0.1, 0.15) is 11.8 Å². The number of furan rings is 1. The molecule has 3 rings (SSSR count). The van der Waals surface area contributed by atoms with E-state index >= 15 is 0 Å². The molecule has 0 saturated carbocycles. The Balaban J connectivity index is 1.77. The summed E-state index contributed by atoms with van der Waals surface area (Å²) in [6.07, 6.45) is 2.83. The highest BCUT2D eigenvalue weighted by Gasteiger charge is 2.28. The molecule has 1 fully saturated rings. The molecule has 122 valence electrons. The van der Waals surface area contributed by atoms with Crippen LogP contribution in [0.15, 0.2) is 53.1 Å². The number of urea groups is 1. The van der Waals surface area contributed by atoms with E-state index in [2.05, 4.69) is 19.2 Å². The van der Waals surface area contributed by atoms with Crippen LogP contribution in [0.1, 0.15) is 37.6 Å². The first-order valence-electron chi connectivity index (χ1n) is 8.27. The number of benzene rings is 1. The van der Waals surface area contributed by atoms with Gasteiger partial charge in [-0.1, -0.05) is 44.2 Å². The summed E-state index contributed by atoms with van der Waals surface area (Å²) >= 11 is 0. The van der Waals surface area contributed by atoms with E-state index in [0.29, 0.717) is 11.8 Å². The van der Waals surface area contributed by atoms with E-state index in [9.17, 15) is 4.79 Å². The lowest BCUT2D eigenvalue weighted by atomic mass is 9.92. The number of likely N-dealkylation sites (tertiary alicyclic amines) is 1. The maximum Gasteiger partial charge on any atom is 0.318 e. The fourth-order valence-electron chi connectivity index (χ4n) is 3.46. The average molecular weight is 312 g/mol. The summed E-state index contributed by atoms with van der Waals surface area (Å²) in [6.45, 7) is 6.04. The van der Waals surface area contributed by atoms with Crippen molar-refractivity contribution in [1.29, 1.82) is 0 Å². The number of rotatable bonds is 3. The normalized spacial score (nSPS) is 22.6. The van der Waals surface area contributed by atoms with E-state index in [1.165, 1.54) is 6.42 Å². The van der Waals surface area contributed by atoms with Crippen LogP contribution in [0.5, 0.6) is 0 Å². The maximum atomic E-state index is 12.7. The minimum Gasteiger partial charge on any atom is -0.467 e. The number of nitrogens with one attached hydrogen (secondary N) is 1. The molecule has 0 radical (unpaired) electrons. The van der Waals surface area contributed by atoms with Crippen LogP contribution in [0.4, 0.5) is 4.79 Å². The van der Waals surface area contributed by atoms with E-state index in [1.54, 1.807) is 6.26 Å². The molecule has 4 heteroatoms. The summed E-state index contributed by atoms with van der Waals surface area (Å²) < 4.78 is 5.55. The Kier molecular flexibility index (Phi) is 4.70. The Morgan fingerprint density at radius 1 is 1.13 bits per heavy atom. The summed E-state index contributed by atoms with van der Waals surface area (Å²) in [5.41, 5.74) is 1.02. The molecule has 1 aromatic heterocycles. The second kappa shape index (κ2) is 6.90. The number of amides is 2. The first-order chi connectivity index (χ1) is 11.1. The summed E-state index contributed by atoms with van der Waals surface area (Å²) in [5, 5.41) is 3.14. The molecule has 3 unspecified atom stereocenters. The lowest BCUT2D eigenvalue weighted by molar-refractivity contribution is 0.144. The number of carbonyl (C=O) groups excluding carboxylic acids is 1. The second-order valence-electron chi connectivity index (χ2n) is 6.66. The molecular formula is C19H24N2O2. The van der Waals surface area contributed by atoms with Crippen molar-refractivity contribution in [2.45, 2.75) is 26.3 Å². The van der Waals surface area contributed by atoms with Crippen LogP contribution in [-0.4, -0.2) is 24.0 Å². The van der Waals surface area contributed by atoms with Crippen LogP contribution >= 0.6 is 0 Å². The van der Waals surface area contributed by atoms with Gasteiger partial charge in [-0.05, 0) is 36.0 Å². The Labute approximate surface area is 137 Å². The molecule has 2 heterocycles. The third kappa shape index (κ3) is 3.76. The molecule has 0 spiro atoms. The van der Waals surface area contributed by atoms with Gasteiger partial charge >= 0.3 is 6.03 Å². The standard InChI is InChI=1S/C19H24N2O2/c1-14-11-15(2)13-21(12-14)19(22)20-18(17-9-6-10-23-17)16-7-4-3-5-8-16/h3-10,14-15,18H,11-13H2,1-2H3,(H,20,22). The quantitative estimate of drug-likeness (QED) is 0.929. The molecule has 2 aromatic rings. The topological polar surface area (TPSA) is 45.5 Å². The van der Waals surface area contributed by atoms with Gasteiger partial charge in [-0.3, -0.25) is 0 Å². The highest BCUT2D eigenvalue weighted by molar-refractivity contribution is 5.75. The zero-order chi connectivity index (χ0) is 16.2. The van der Waals surface area contributed by atoms with Gasteiger partial charge in [0.05, 0.1) is 6.26 Å². The van der Waals surface area contributed by atoms with Gasteiger partial charge in [0.2, 0.25) is 0 Å². The van der Waals surface area contributed by atoms with E-state index in [4.69, 9.17) is 4.42 Å². The van der Waals surface area contributed by atoms with Gasteiger partial charge in [0, 0.05) is 13.1 Å². The monoisotopic (exact) mass is 312 g/mol. The van der Waals surface area contributed by atoms with Crippen molar-refractivity contribution in [1.82, 2.24) is 10.2 Å². The molecule has 0 bridgehead atoms. The van der Waals surface area contributed by atoms with Crippen molar-refractivity contribution < 1.29 is 9.21 Å². The predicted molar refractivity (Wildman–Crippen MR) is 90.0 cm³/mol. The lowest BCUT2D eigenvalue weighted by Gasteiger charge is -2.35. The molecule has 0 aliphatic carbocycles. The van der Waals surface area contributed by atoms with Crippen molar-refractivity contribution in [2.75, 3.05) is 13.1 Å². The highest BCUT2D eigenvalue weighted by Crippen LogP contribution is 2.25.